The lowest BCUT2D eigenvalue weighted by Crippen LogP contribution is -2.42. The zero-order chi connectivity index (χ0) is 21.7. The Bertz CT molecular complexity index is 996. The molecular weight excluding hydrogens is 414 g/mol. The van der Waals surface area contributed by atoms with Crippen LogP contribution in [-0.4, -0.2) is 52.0 Å². The molecule has 10 heteroatoms. The summed E-state index contributed by atoms with van der Waals surface area (Å²) in [7, 11) is -0.991. The van der Waals surface area contributed by atoms with E-state index in [1.807, 2.05) is 0 Å². The van der Waals surface area contributed by atoms with Crippen LogP contribution in [0.4, 0.5) is 0 Å². The van der Waals surface area contributed by atoms with Crippen LogP contribution in [0.2, 0.25) is 0 Å². The molecule has 2 aromatic rings. The molecule has 0 amide bonds. The van der Waals surface area contributed by atoms with E-state index in [9.17, 15) is 18.0 Å². The summed E-state index contributed by atoms with van der Waals surface area (Å²) in [6.45, 7) is 0.217. The predicted molar refractivity (Wildman–Crippen MR) is 104 cm³/mol. The highest BCUT2D eigenvalue weighted by Crippen LogP contribution is 2.26. The van der Waals surface area contributed by atoms with E-state index in [1.165, 1.54) is 42.8 Å². The first-order valence-corrected chi connectivity index (χ1v) is 10.8. The van der Waals surface area contributed by atoms with Crippen LogP contribution in [0.25, 0.3) is 0 Å². The second-order valence-electron chi connectivity index (χ2n) is 6.74. The van der Waals surface area contributed by atoms with Crippen LogP contribution in [0.3, 0.4) is 0 Å². The maximum absolute atomic E-state index is 12.9. The summed E-state index contributed by atoms with van der Waals surface area (Å²) in [5, 5.41) is 0. The first-order valence-electron chi connectivity index (χ1n) is 9.33. The molecule has 0 radical (unpaired) electrons. The number of benzene rings is 1. The Labute approximate surface area is 174 Å². The highest BCUT2D eigenvalue weighted by Gasteiger charge is 2.34. The van der Waals surface area contributed by atoms with Crippen molar-refractivity contribution in [2.45, 2.75) is 24.3 Å². The number of hydrogen-bond acceptors (Lipinski definition) is 8. The summed E-state index contributed by atoms with van der Waals surface area (Å²) in [6.07, 6.45) is 1.07. The Kier molecular flexibility index (Phi) is 6.78. The van der Waals surface area contributed by atoms with Gasteiger partial charge in [-0.25, -0.2) is 13.2 Å². The van der Waals surface area contributed by atoms with E-state index in [1.54, 1.807) is 12.1 Å². The van der Waals surface area contributed by atoms with Gasteiger partial charge < -0.3 is 18.6 Å². The molecule has 30 heavy (non-hydrogen) atoms. The van der Waals surface area contributed by atoms with E-state index >= 15 is 0 Å². The van der Waals surface area contributed by atoms with Gasteiger partial charge in [0.15, 0.2) is 0 Å². The van der Waals surface area contributed by atoms with Crippen molar-refractivity contribution in [1.82, 2.24) is 4.31 Å². The number of furan rings is 1. The largest absolute Gasteiger partial charge is 0.497 e. The van der Waals surface area contributed by atoms with Gasteiger partial charge >= 0.3 is 11.9 Å². The zero-order valence-corrected chi connectivity index (χ0v) is 17.5. The van der Waals surface area contributed by atoms with E-state index < -0.39 is 27.9 Å². The van der Waals surface area contributed by atoms with Crippen LogP contribution in [0.15, 0.2) is 45.7 Å². The van der Waals surface area contributed by atoms with Crippen molar-refractivity contribution in [3.8, 4) is 5.75 Å². The molecule has 3 rings (SSSR count). The van der Waals surface area contributed by atoms with Crippen molar-refractivity contribution in [3.63, 3.8) is 0 Å². The van der Waals surface area contributed by atoms with Gasteiger partial charge in [0.2, 0.25) is 15.8 Å². The lowest BCUT2D eigenvalue weighted by Gasteiger charge is -2.30. The smallest absolute Gasteiger partial charge is 0.373 e. The normalized spacial score (nSPS) is 17.3. The molecule has 1 aliphatic rings. The summed E-state index contributed by atoms with van der Waals surface area (Å²) in [4.78, 5) is 24.0. The molecule has 1 saturated heterocycles. The molecule has 9 nitrogen and oxygen atoms in total. The Morgan fingerprint density at radius 2 is 1.87 bits per heavy atom. The maximum Gasteiger partial charge on any atom is 0.373 e. The molecule has 1 aromatic carbocycles. The molecule has 1 fully saturated rings. The fourth-order valence-corrected chi connectivity index (χ4v) is 4.70. The molecule has 1 aliphatic heterocycles. The number of piperidine rings is 1. The lowest BCUT2D eigenvalue weighted by atomic mass is 10.00. The molecular formula is C20H23NO8S. The van der Waals surface area contributed by atoms with Crippen molar-refractivity contribution in [2.24, 2.45) is 5.92 Å². The minimum absolute atomic E-state index is 0.0120. The number of esters is 2. The molecule has 2 heterocycles. The minimum atomic E-state index is -3.73. The molecule has 0 spiro atoms. The van der Waals surface area contributed by atoms with Crippen molar-refractivity contribution >= 4 is 22.0 Å². The fraction of sp³-hybridized carbons (Fsp3) is 0.400. The van der Waals surface area contributed by atoms with Gasteiger partial charge in [-0.1, -0.05) is 0 Å². The Morgan fingerprint density at radius 1 is 1.13 bits per heavy atom. The summed E-state index contributed by atoms with van der Waals surface area (Å²) < 4.78 is 47.2. The molecule has 162 valence electrons. The molecule has 1 aromatic heterocycles. The van der Waals surface area contributed by atoms with E-state index in [0.29, 0.717) is 30.9 Å². The molecule has 0 aliphatic carbocycles. The van der Waals surface area contributed by atoms with Crippen molar-refractivity contribution in [3.05, 3.63) is 47.9 Å². The van der Waals surface area contributed by atoms with Gasteiger partial charge in [-0.15, -0.1) is 0 Å². The maximum atomic E-state index is 12.9. The third kappa shape index (κ3) is 4.82. The Hall–Kier alpha value is -2.85. The second-order valence-corrected chi connectivity index (χ2v) is 8.68. The second kappa shape index (κ2) is 9.31. The Morgan fingerprint density at radius 3 is 2.53 bits per heavy atom. The minimum Gasteiger partial charge on any atom is -0.497 e. The predicted octanol–water partition coefficient (Wildman–Crippen LogP) is 2.22. The third-order valence-corrected chi connectivity index (χ3v) is 6.70. The van der Waals surface area contributed by atoms with E-state index in [-0.39, 0.29) is 23.8 Å². The number of sulfonamides is 1. The number of carbonyl (C=O) groups is 2. The van der Waals surface area contributed by atoms with Crippen LogP contribution in [0.5, 0.6) is 5.75 Å². The number of carbonyl (C=O) groups excluding carboxylic acids is 2. The van der Waals surface area contributed by atoms with Crippen LogP contribution in [-0.2, 0) is 30.9 Å². The highest BCUT2D eigenvalue weighted by molar-refractivity contribution is 7.89. The van der Waals surface area contributed by atoms with Crippen molar-refractivity contribution < 1.29 is 36.6 Å². The summed E-state index contributed by atoms with van der Waals surface area (Å²) in [5.74, 6) is -0.857. The summed E-state index contributed by atoms with van der Waals surface area (Å²) in [5.41, 5.74) is 0. The van der Waals surface area contributed by atoms with Crippen LogP contribution in [0, 0.1) is 5.92 Å². The number of ether oxygens (including phenoxy) is 3. The topological polar surface area (TPSA) is 112 Å². The van der Waals surface area contributed by atoms with Gasteiger partial charge in [0, 0.05) is 13.1 Å². The standard InChI is InChI=1S/C20H23NO8S/c1-26-15-5-8-17(9-6-15)30(24,25)21-11-3-4-14(12-21)19(22)28-13-16-7-10-18(29-16)20(23)27-2/h5-10,14H,3-4,11-13H2,1-2H3. The summed E-state index contributed by atoms with van der Waals surface area (Å²) >= 11 is 0. The highest BCUT2D eigenvalue weighted by atomic mass is 32.2. The van der Waals surface area contributed by atoms with E-state index in [4.69, 9.17) is 13.9 Å². The Balaban J connectivity index is 1.61. The monoisotopic (exact) mass is 437 g/mol. The van der Waals surface area contributed by atoms with E-state index in [0.717, 1.165) is 0 Å². The molecule has 0 N–H and O–H groups in total. The third-order valence-electron chi connectivity index (χ3n) is 4.82. The molecule has 1 unspecified atom stereocenters. The number of methoxy groups -OCH3 is 2. The zero-order valence-electron chi connectivity index (χ0n) is 16.7. The van der Waals surface area contributed by atoms with E-state index in [2.05, 4.69) is 4.74 Å². The number of rotatable bonds is 7. The average Bonchev–Trinajstić information content (AvgIpc) is 3.26. The van der Waals surface area contributed by atoms with Crippen LogP contribution >= 0.6 is 0 Å². The first kappa shape index (κ1) is 21.8. The SMILES string of the molecule is COC(=O)c1ccc(COC(=O)C2CCCN(S(=O)(=O)c3ccc(OC)cc3)C2)o1. The molecule has 0 bridgehead atoms. The number of hydrogen-bond donors (Lipinski definition) is 0. The van der Waals surface area contributed by atoms with Gasteiger partial charge in [0.25, 0.3) is 0 Å². The lowest BCUT2D eigenvalue weighted by molar-refractivity contribution is -0.151. The number of nitrogens with zero attached hydrogens (tertiary/aromatic N) is 1. The quantitative estimate of drug-likeness (QED) is 0.606. The molecule has 0 saturated carbocycles. The van der Waals surface area contributed by atoms with Crippen LogP contribution < -0.4 is 4.74 Å². The van der Waals surface area contributed by atoms with Gasteiger partial charge in [0.1, 0.15) is 18.1 Å². The van der Waals surface area contributed by atoms with Crippen LogP contribution in [0.1, 0.15) is 29.2 Å². The first-order chi connectivity index (χ1) is 14.3. The van der Waals surface area contributed by atoms with Gasteiger partial charge in [-0.2, -0.15) is 4.31 Å². The van der Waals surface area contributed by atoms with Crippen molar-refractivity contribution in [1.29, 1.82) is 0 Å². The summed E-state index contributed by atoms with van der Waals surface area (Å²) in [6, 6.07) is 9.06. The van der Waals surface area contributed by atoms with Gasteiger partial charge in [-0.05, 0) is 49.2 Å². The van der Waals surface area contributed by atoms with Crippen molar-refractivity contribution in [2.75, 3.05) is 27.3 Å². The van der Waals surface area contributed by atoms with Gasteiger partial charge in [-0.3, -0.25) is 4.79 Å². The average molecular weight is 437 g/mol. The molecule has 1 atom stereocenters. The fourth-order valence-electron chi connectivity index (χ4n) is 3.18. The van der Waals surface area contributed by atoms with Gasteiger partial charge in [0.05, 0.1) is 25.0 Å².